The summed E-state index contributed by atoms with van der Waals surface area (Å²) in [6.07, 6.45) is 5.75. The molecule has 1 saturated carbocycles. The fraction of sp³-hybridized carbons (Fsp3) is 0.556. The summed E-state index contributed by atoms with van der Waals surface area (Å²) < 4.78 is 1.69. The predicted molar refractivity (Wildman–Crippen MR) is 92.6 cm³/mol. The SMILES string of the molecule is C[C@H](CO)[C@H]1CC[C@@H](Cc2ccc(Cl)cc2)[C@]1(O)Cn1cncn1. The summed E-state index contributed by atoms with van der Waals surface area (Å²) in [4.78, 5) is 3.98. The molecule has 3 rings (SSSR count). The van der Waals surface area contributed by atoms with Crippen LogP contribution in [0.4, 0.5) is 0 Å². The van der Waals surface area contributed by atoms with E-state index >= 15 is 0 Å². The maximum Gasteiger partial charge on any atom is 0.137 e. The molecule has 0 aliphatic heterocycles. The minimum Gasteiger partial charge on any atom is -0.396 e. The van der Waals surface area contributed by atoms with Crippen LogP contribution in [-0.4, -0.2) is 37.2 Å². The number of benzene rings is 1. The van der Waals surface area contributed by atoms with E-state index in [1.54, 1.807) is 11.0 Å². The summed E-state index contributed by atoms with van der Waals surface area (Å²) >= 11 is 5.97. The fourth-order valence-corrected chi connectivity index (χ4v) is 4.22. The maximum absolute atomic E-state index is 11.6. The zero-order valence-corrected chi connectivity index (χ0v) is 14.6. The molecule has 1 fully saturated rings. The van der Waals surface area contributed by atoms with Crippen LogP contribution in [0.1, 0.15) is 25.3 Å². The van der Waals surface area contributed by atoms with Crippen molar-refractivity contribution in [1.29, 1.82) is 0 Å². The Bertz CT molecular complexity index is 647. The van der Waals surface area contributed by atoms with Gasteiger partial charge in [-0.15, -0.1) is 0 Å². The van der Waals surface area contributed by atoms with Gasteiger partial charge < -0.3 is 10.2 Å². The molecule has 0 saturated heterocycles. The third-order valence-corrected chi connectivity index (χ3v) is 5.68. The lowest BCUT2D eigenvalue weighted by Gasteiger charge is -2.38. The first-order valence-electron chi connectivity index (χ1n) is 8.43. The fourth-order valence-electron chi connectivity index (χ4n) is 4.09. The Kier molecular flexibility index (Phi) is 5.23. The van der Waals surface area contributed by atoms with E-state index in [4.69, 9.17) is 11.6 Å². The van der Waals surface area contributed by atoms with Crippen LogP contribution in [0.2, 0.25) is 5.02 Å². The molecular weight excluding hydrogens is 326 g/mol. The lowest BCUT2D eigenvalue weighted by molar-refractivity contribution is -0.0748. The van der Waals surface area contributed by atoms with Crippen molar-refractivity contribution in [2.45, 2.75) is 38.3 Å². The Labute approximate surface area is 147 Å². The van der Waals surface area contributed by atoms with Crippen molar-refractivity contribution in [2.24, 2.45) is 17.8 Å². The number of aliphatic hydroxyl groups excluding tert-OH is 1. The van der Waals surface area contributed by atoms with Crippen LogP contribution in [0.15, 0.2) is 36.9 Å². The van der Waals surface area contributed by atoms with Gasteiger partial charge in [-0.05, 0) is 54.7 Å². The molecule has 1 aliphatic carbocycles. The van der Waals surface area contributed by atoms with E-state index in [0.717, 1.165) is 24.3 Å². The van der Waals surface area contributed by atoms with Crippen molar-refractivity contribution >= 4 is 11.6 Å². The second kappa shape index (κ2) is 7.21. The van der Waals surface area contributed by atoms with Crippen molar-refractivity contribution in [3.05, 3.63) is 47.5 Å². The highest BCUT2D eigenvalue weighted by atomic mass is 35.5. The summed E-state index contributed by atoms with van der Waals surface area (Å²) in [7, 11) is 0. The summed E-state index contributed by atoms with van der Waals surface area (Å²) in [5, 5.41) is 26.1. The van der Waals surface area contributed by atoms with Gasteiger partial charge in [-0.25, -0.2) is 4.98 Å². The zero-order chi connectivity index (χ0) is 17.2. The van der Waals surface area contributed by atoms with Crippen LogP contribution in [0.25, 0.3) is 0 Å². The Morgan fingerprint density at radius 2 is 2.08 bits per heavy atom. The molecule has 0 bridgehead atoms. The zero-order valence-electron chi connectivity index (χ0n) is 13.8. The molecule has 0 spiro atoms. The van der Waals surface area contributed by atoms with Crippen molar-refractivity contribution in [2.75, 3.05) is 6.61 Å². The van der Waals surface area contributed by atoms with Crippen LogP contribution >= 0.6 is 11.6 Å². The molecule has 130 valence electrons. The van der Waals surface area contributed by atoms with Crippen LogP contribution in [0.5, 0.6) is 0 Å². The van der Waals surface area contributed by atoms with Crippen LogP contribution in [0.3, 0.4) is 0 Å². The molecule has 1 aromatic carbocycles. The standard InChI is InChI=1S/C18H24ClN3O2/c1-13(9-23)17-7-4-15(8-14-2-5-16(19)6-3-14)18(17,24)10-22-12-20-11-21-22/h2-3,5-6,11-13,15,17,23-24H,4,7-10H2,1H3/t13-,15+,17-,18-/m1/s1. The van der Waals surface area contributed by atoms with Gasteiger partial charge in [0.25, 0.3) is 0 Å². The highest BCUT2D eigenvalue weighted by Crippen LogP contribution is 2.46. The number of hydrogen-bond acceptors (Lipinski definition) is 4. The third kappa shape index (κ3) is 3.48. The van der Waals surface area contributed by atoms with Gasteiger partial charge in [0.05, 0.1) is 12.1 Å². The van der Waals surface area contributed by atoms with Crippen LogP contribution in [0, 0.1) is 17.8 Å². The normalized spacial score (nSPS) is 28.2. The highest BCUT2D eigenvalue weighted by molar-refractivity contribution is 6.30. The van der Waals surface area contributed by atoms with Crippen molar-refractivity contribution in [3.8, 4) is 0 Å². The number of nitrogens with zero attached hydrogens (tertiary/aromatic N) is 3. The van der Waals surface area contributed by atoms with E-state index < -0.39 is 5.60 Å². The first kappa shape index (κ1) is 17.4. The molecule has 2 aromatic rings. The average molecular weight is 350 g/mol. The van der Waals surface area contributed by atoms with E-state index in [9.17, 15) is 10.2 Å². The highest BCUT2D eigenvalue weighted by Gasteiger charge is 2.50. The molecule has 1 heterocycles. The maximum atomic E-state index is 11.6. The molecule has 1 aromatic heterocycles. The number of rotatable bonds is 6. The second-order valence-electron chi connectivity index (χ2n) is 6.96. The minimum atomic E-state index is -0.907. The van der Waals surface area contributed by atoms with Crippen molar-refractivity contribution in [1.82, 2.24) is 14.8 Å². The summed E-state index contributed by atoms with van der Waals surface area (Å²) in [5.74, 6) is 0.208. The number of hydrogen-bond donors (Lipinski definition) is 2. The minimum absolute atomic E-state index is 0.0454. The molecule has 6 heteroatoms. The van der Waals surface area contributed by atoms with Gasteiger partial charge in [0.15, 0.2) is 0 Å². The number of aromatic nitrogens is 3. The number of halogens is 1. The lowest BCUT2D eigenvalue weighted by Crippen LogP contribution is -2.47. The predicted octanol–water partition coefficient (Wildman–Crippen LogP) is 2.56. The largest absolute Gasteiger partial charge is 0.396 e. The molecule has 0 amide bonds. The van der Waals surface area contributed by atoms with E-state index in [0.29, 0.717) is 6.54 Å². The van der Waals surface area contributed by atoms with E-state index in [2.05, 4.69) is 10.1 Å². The molecular formula is C18H24ClN3O2. The van der Waals surface area contributed by atoms with E-state index in [-0.39, 0.29) is 24.4 Å². The van der Waals surface area contributed by atoms with Gasteiger partial charge >= 0.3 is 0 Å². The van der Waals surface area contributed by atoms with Gasteiger partial charge in [-0.2, -0.15) is 5.10 Å². The smallest absolute Gasteiger partial charge is 0.137 e. The molecule has 4 atom stereocenters. The van der Waals surface area contributed by atoms with Gasteiger partial charge in [0.2, 0.25) is 0 Å². The van der Waals surface area contributed by atoms with Gasteiger partial charge in [-0.1, -0.05) is 30.7 Å². The first-order valence-corrected chi connectivity index (χ1v) is 8.81. The molecule has 0 unspecified atom stereocenters. The van der Waals surface area contributed by atoms with Gasteiger partial charge in [0, 0.05) is 11.6 Å². The van der Waals surface area contributed by atoms with Crippen LogP contribution < -0.4 is 0 Å². The van der Waals surface area contributed by atoms with E-state index in [1.807, 2.05) is 31.2 Å². The summed E-state index contributed by atoms with van der Waals surface area (Å²) in [6.45, 7) is 2.49. The van der Waals surface area contributed by atoms with Gasteiger partial charge in [0.1, 0.15) is 12.7 Å². The van der Waals surface area contributed by atoms with Crippen LogP contribution in [-0.2, 0) is 13.0 Å². The molecule has 24 heavy (non-hydrogen) atoms. The quantitative estimate of drug-likeness (QED) is 0.840. The molecule has 1 aliphatic rings. The number of aliphatic hydroxyl groups is 2. The molecule has 5 nitrogen and oxygen atoms in total. The Balaban J connectivity index is 1.84. The Morgan fingerprint density at radius 3 is 2.71 bits per heavy atom. The third-order valence-electron chi connectivity index (χ3n) is 5.43. The first-order chi connectivity index (χ1) is 11.5. The van der Waals surface area contributed by atoms with Crippen molar-refractivity contribution < 1.29 is 10.2 Å². The topological polar surface area (TPSA) is 71.2 Å². The van der Waals surface area contributed by atoms with E-state index in [1.165, 1.54) is 11.9 Å². The molecule has 2 N–H and O–H groups in total. The summed E-state index contributed by atoms with van der Waals surface area (Å²) in [5.41, 5.74) is 0.258. The average Bonchev–Trinajstić information content (AvgIpc) is 3.18. The lowest BCUT2D eigenvalue weighted by atomic mass is 9.76. The Hall–Kier alpha value is -1.43. The van der Waals surface area contributed by atoms with Crippen molar-refractivity contribution in [3.63, 3.8) is 0 Å². The summed E-state index contributed by atoms with van der Waals surface area (Å²) in [6, 6.07) is 7.80. The monoisotopic (exact) mass is 349 g/mol. The Morgan fingerprint density at radius 1 is 1.33 bits per heavy atom. The van der Waals surface area contributed by atoms with Gasteiger partial charge in [-0.3, -0.25) is 4.68 Å². The molecule has 0 radical (unpaired) electrons. The second-order valence-corrected chi connectivity index (χ2v) is 7.39.